The van der Waals surface area contributed by atoms with E-state index in [4.69, 9.17) is 4.42 Å². The van der Waals surface area contributed by atoms with Crippen molar-refractivity contribution < 1.29 is 9.21 Å². The van der Waals surface area contributed by atoms with E-state index in [-0.39, 0.29) is 5.91 Å². The Morgan fingerprint density at radius 1 is 1.37 bits per heavy atom. The zero-order chi connectivity index (χ0) is 18.8. The Morgan fingerprint density at radius 3 is 2.93 bits per heavy atom. The average Bonchev–Trinajstić information content (AvgIpc) is 3.18. The van der Waals surface area contributed by atoms with Crippen LogP contribution < -0.4 is 0 Å². The maximum Gasteiger partial charge on any atom is 0.257 e. The molecule has 7 nitrogen and oxygen atoms in total. The molecule has 0 unspecified atom stereocenters. The minimum absolute atomic E-state index is 0.0367. The highest BCUT2D eigenvalue weighted by molar-refractivity contribution is 5.95. The van der Waals surface area contributed by atoms with Gasteiger partial charge in [-0.2, -0.15) is 5.10 Å². The normalized spacial score (nSPS) is 13.7. The van der Waals surface area contributed by atoms with Crippen LogP contribution in [0.5, 0.6) is 0 Å². The van der Waals surface area contributed by atoms with E-state index in [2.05, 4.69) is 22.0 Å². The molecule has 0 atom stereocenters. The summed E-state index contributed by atoms with van der Waals surface area (Å²) in [6.45, 7) is 5.58. The molecule has 1 fully saturated rings. The number of furan rings is 1. The molecule has 4 rings (SSSR count). The van der Waals surface area contributed by atoms with Crippen LogP contribution in [-0.4, -0.2) is 43.6 Å². The van der Waals surface area contributed by atoms with Gasteiger partial charge in [0.1, 0.15) is 5.69 Å². The molecular formula is C20H23N5O2. The summed E-state index contributed by atoms with van der Waals surface area (Å²) in [5, 5.41) is 4.38. The Labute approximate surface area is 158 Å². The van der Waals surface area contributed by atoms with Gasteiger partial charge in [-0.1, -0.05) is 6.92 Å². The first-order chi connectivity index (χ1) is 13.2. The van der Waals surface area contributed by atoms with Gasteiger partial charge in [0, 0.05) is 19.3 Å². The maximum atomic E-state index is 13.0. The molecule has 3 heterocycles. The van der Waals surface area contributed by atoms with Crippen molar-refractivity contribution in [3.8, 4) is 17.4 Å². The van der Waals surface area contributed by atoms with Crippen molar-refractivity contribution in [3.63, 3.8) is 0 Å². The van der Waals surface area contributed by atoms with E-state index in [1.165, 1.54) is 12.8 Å². The van der Waals surface area contributed by atoms with Gasteiger partial charge in [-0.05, 0) is 50.3 Å². The summed E-state index contributed by atoms with van der Waals surface area (Å²) in [5.41, 5.74) is 2.03. The zero-order valence-corrected chi connectivity index (χ0v) is 15.6. The molecule has 7 heteroatoms. The zero-order valence-electron chi connectivity index (χ0n) is 15.6. The van der Waals surface area contributed by atoms with Crippen LogP contribution in [-0.2, 0) is 0 Å². The molecule has 27 heavy (non-hydrogen) atoms. The van der Waals surface area contributed by atoms with Crippen molar-refractivity contribution in [1.29, 1.82) is 0 Å². The number of rotatable bonds is 7. The fourth-order valence-corrected chi connectivity index (χ4v) is 3.16. The molecule has 0 saturated heterocycles. The van der Waals surface area contributed by atoms with Crippen LogP contribution in [0, 0.1) is 12.8 Å². The van der Waals surface area contributed by atoms with Crippen molar-refractivity contribution in [2.24, 2.45) is 5.92 Å². The van der Waals surface area contributed by atoms with Crippen LogP contribution in [0.1, 0.15) is 42.2 Å². The predicted molar refractivity (Wildman–Crippen MR) is 101 cm³/mol. The van der Waals surface area contributed by atoms with Crippen LogP contribution in [0.2, 0.25) is 0 Å². The van der Waals surface area contributed by atoms with Crippen molar-refractivity contribution in [2.45, 2.75) is 33.1 Å². The fourth-order valence-electron chi connectivity index (χ4n) is 3.16. The van der Waals surface area contributed by atoms with Crippen LogP contribution in [0.4, 0.5) is 0 Å². The van der Waals surface area contributed by atoms with Crippen molar-refractivity contribution in [1.82, 2.24) is 24.6 Å². The minimum Gasteiger partial charge on any atom is -0.463 e. The first-order valence-corrected chi connectivity index (χ1v) is 9.38. The smallest absolute Gasteiger partial charge is 0.257 e. The second kappa shape index (κ2) is 7.34. The Kier molecular flexibility index (Phi) is 4.75. The third kappa shape index (κ3) is 3.63. The van der Waals surface area contributed by atoms with Gasteiger partial charge < -0.3 is 9.32 Å². The number of hydrogen-bond acceptors (Lipinski definition) is 5. The summed E-state index contributed by atoms with van der Waals surface area (Å²) in [6.07, 6.45) is 8.28. The summed E-state index contributed by atoms with van der Waals surface area (Å²) in [7, 11) is 0. The highest BCUT2D eigenvalue weighted by atomic mass is 16.3. The second-order valence-electron chi connectivity index (χ2n) is 6.97. The van der Waals surface area contributed by atoms with Crippen LogP contribution in [0.25, 0.3) is 17.4 Å². The monoisotopic (exact) mass is 365 g/mol. The van der Waals surface area contributed by atoms with Crippen LogP contribution in [0.15, 0.2) is 41.3 Å². The summed E-state index contributed by atoms with van der Waals surface area (Å²) >= 11 is 0. The average molecular weight is 365 g/mol. The lowest BCUT2D eigenvalue weighted by atomic mass is 10.2. The lowest BCUT2D eigenvalue weighted by Crippen LogP contribution is -2.33. The van der Waals surface area contributed by atoms with E-state index < -0.39 is 0 Å². The molecule has 0 radical (unpaired) electrons. The lowest BCUT2D eigenvalue weighted by molar-refractivity contribution is 0.0747. The van der Waals surface area contributed by atoms with E-state index in [0.29, 0.717) is 28.9 Å². The Balaban J connectivity index is 1.62. The summed E-state index contributed by atoms with van der Waals surface area (Å²) in [6, 6.07) is 5.44. The van der Waals surface area contributed by atoms with Crippen LogP contribution in [0.3, 0.4) is 0 Å². The number of hydrogen-bond donors (Lipinski definition) is 0. The highest BCUT2D eigenvalue weighted by Gasteiger charge is 2.28. The second-order valence-corrected chi connectivity index (χ2v) is 6.97. The molecule has 0 spiro atoms. The molecule has 140 valence electrons. The SMILES string of the molecule is CCCN(CC1CC1)C(=O)c1cnn(-c2nccc(-c3ccco3)n2)c1C. The van der Waals surface area contributed by atoms with Gasteiger partial charge in [0.2, 0.25) is 0 Å². The number of aromatic nitrogens is 4. The standard InChI is InChI=1S/C20H23N5O2/c1-3-10-24(13-15-6-7-15)19(26)16-12-22-25(14(16)2)20-21-9-8-17(23-20)18-5-4-11-27-18/h4-5,8-9,11-12,15H,3,6-7,10,13H2,1-2H3. The Hall–Kier alpha value is -2.96. The molecule has 1 saturated carbocycles. The van der Waals surface area contributed by atoms with Gasteiger partial charge in [0.15, 0.2) is 5.76 Å². The van der Waals surface area contributed by atoms with Gasteiger partial charge in [-0.15, -0.1) is 0 Å². The van der Waals surface area contributed by atoms with Crippen molar-refractivity contribution in [3.05, 3.63) is 48.1 Å². The Bertz CT molecular complexity index is 928. The summed E-state index contributed by atoms with van der Waals surface area (Å²) < 4.78 is 7.02. The van der Waals surface area contributed by atoms with E-state index in [1.54, 1.807) is 29.4 Å². The third-order valence-corrected chi connectivity index (χ3v) is 4.80. The maximum absolute atomic E-state index is 13.0. The fraction of sp³-hybridized carbons (Fsp3) is 0.400. The summed E-state index contributed by atoms with van der Waals surface area (Å²) in [4.78, 5) is 23.8. The van der Waals surface area contributed by atoms with Gasteiger partial charge >= 0.3 is 0 Å². The first-order valence-electron chi connectivity index (χ1n) is 9.38. The van der Waals surface area contributed by atoms with E-state index in [0.717, 1.165) is 25.2 Å². The van der Waals surface area contributed by atoms with E-state index >= 15 is 0 Å². The Morgan fingerprint density at radius 2 is 2.22 bits per heavy atom. The molecule has 0 aromatic carbocycles. The molecule has 1 aliphatic carbocycles. The molecular weight excluding hydrogens is 342 g/mol. The third-order valence-electron chi connectivity index (χ3n) is 4.80. The molecule has 3 aromatic heterocycles. The molecule has 0 aliphatic heterocycles. The number of carbonyl (C=O) groups excluding carboxylic acids is 1. The molecule has 3 aromatic rings. The van der Waals surface area contributed by atoms with Crippen molar-refractivity contribution in [2.75, 3.05) is 13.1 Å². The minimum atomic E-state index is 0.0367. The molecule has 0 bridgehead atoms. The van der Waals surface area contributed by atoms with Gasteiger partial charge in [0.05, 0.1) is 23.7 Å². The number of amides is 1. The van der Waals surface area contributed by atoms with Crippen LogP contribution >= 0.6 is 0 Å². The first kappa shape index (κ1) is 17.5. The van der Waals surface area contributed by atoms with Gasteiger partial charge in [-0.25, -0.2) is 14.6 Å². The lowest BCUT2D eigenvalue weighted by Gasteiger charge is -2.21. The number of carbonyl (C=O) groups is 1. The van der Waals surface area contributed by atoms with Crippen molar-refractivity contribution >= 4 is 5.91 Å². The molecule has 0 N–H and O–H groups in total. The quantitative estimate of drug-likeness (QED) is 0.640. The van der Waals surface area contributed by atoms with E-state index in [9.17, 15) is 4.79 Å². The highest BCUT2D eigenvalue weighted by Crippen LogP contribution is 2.30. The topological polar surface area (TPSA) is 77.0 Å². The largest absolute Gasteiger partial charge is 0.463 e. The molecule has 1 aliphatic rings. The number of nitrogens with zero attached hydrogens (tertiary/aromatic N) is 5. The predicted octanol–water partition coefficient (Wildman–Crippen LogP) is 3.49. The van der Waals surface area contributed by atoms with Gasteiger partial charge in [0.25, 0.3) is 11.9 Å². The van der Waals surface area contributed by atoms with Gasteiger partial charge in [-0.3, -0.25) is 4.79 Å². The molecule has 1 amide bonds. The summed E-state index contributed by atoms with van der Waals surface area (Å²) in [5.74, 6) is 1.78. The van der Waals surface area contributed by atoms with E-state index in [1.807, 2.05) is 24.0 Å².